The van der Waals surface area contributed by atoms with E-state index in [1.54, 1.807) is 11.3 Å². The van der Waals surface area contributed by atoms with E-state index in [0.717, 1.165) is 22.0 Å². The molecule has 0 fully saturated rings. The van der Waals surface area contributed by atoms with Crippen LogP contribution in [-0.2, 0) is 23.1 Å². The van der Waals surface area contributed by atoms with Crippen molar-refractivity contribution in [1.82, 2.24) is 4.98 Å². The van der Waals surface area contributed by atoms with Crippen molar-refractivity contribution < 1.29 is 9.90 Å². The van der Waals surface area contributed by atoms with E-state index in [4.69, 9.17) is 5.11 Å². The number of carboxylic acid groups (broad SMARTS) is 1. The number of hydrogen-bond donors (Lipinski definition) is 1. The number of benzene rings is 1. The Balaban J connectivity index is 2.07. The highest BCUT2D eigenvalue weighted by Crippen LogP contribution is 2.25. The molecule has 1 aromatic carbocycles. The maximum absolute atomic E-state index is 10.7. The van der Waals surface area contributed by atoms with Gasteiger partial charge in [0.25, 0.3) is 0 Å². The van der Waals surface area contributed by atoms with Gasteiger partial charge in [-0.15, -0.1) is 11.3 Å². The van der Waals surface area contributed by atoms with Gasteiger partial charge in [0.05, 0.1) is 17.1 Å². The van der Waals surface area contributed by atoms with Crippen molar-refractivity contribution >= 4 is 17.3 Å². The van der Waals surface area contributed by atoms with Crippen LogP contribution in [0.15, 0.2) is 24.3 Å². The molecule has 0 saturated carbocycles. The van der Waals surface area contributed by atoms with Crippen molar-refractivity contribution in [2.75, 3.05) is 0 Å². The molecule has 118 valence electrons. The van der Waals surface area contributed by atoms with Gasteiger partial charge < -0.3 is 5.11 Å². The Morgan fingerprint density at radius 1 is 1.23 bits per heavy atom. The molecular formula is C18H23NO2S. The summed E-state index contributed by atoms with van der Waals surface area (Å²) in [6.45, 7) is 8.59. The van der Waals surface area contributed by atoms with Crippen molar-refractivity contribution in [3.63, 3.8) is 0 Å². The van der Waals surface area contributed by atoms with Gasteiger partial charge in [-0.05, 0) is 29.9 Å². The maximum atomic E-state index is 10.7. The number of aliphatic carboxylic acids is 1. The number of nitrogens with zero attached hydrogens (tertiary/aromatic N) is 1. The van der Waals surface area contributed by atoms with Gasteiger partial charge in [0.2, 0.25) is 0 Å². The molecular weight excluding hydrogens is 294 g/mol. The SMILES string of the molecule is Cc1nc(Cc2ccc(C(C)(C)C)cc2)sc1CCC(=O)O. The average Bonchev–Trinajstić information content (AvgIpc) is 2.76. The summed E-state index contributed by atoms with van der Waals surface area (Å²) in [4.78, 5) is 16.3. The predicted molar refractivity (Wildman–Crippen MR) is 90.8 cm³/mol. The topological polar surface area (TPSA) is 50.2 Å². The Morgan fingerprint density at radius 3 is 2.41 bits per heavy atom. The highest BCUT2D eigenvalue weighted by molar-refractivity contribution is 7.11. The number of aromatic nitrogens is 1. The van der Waals surface area contributed by atoms with Gasteiger partial charge in [0.1, 0.15) is 0 Å². The molecule has 2 aromatic rings. The first kappa shape index (κ1) is 16.7. The number of hydrogen-bond acceptors (Lipinski definition) is 3. The minimum absolute atomic E-state index is 0.167. The third-order valence-corrected chi connectivity index (χ3v) is 4.90. The highest BCUT2D eigenvalue weighted by Gasteiger charge is 2.14. The van der Waals surface area contributed by atoms with Gasteiger partial charge in [-0.3, -0.25) is 4.79 Å². The molecule has 2 rings (SSSR count). The van der Waals surface area contributed by atoms with Crippen LogP contribution in [0.5, 0.6) is 0 Å². The van der Waals surface area contributed by atoms with Gasteiger partial charge in [0, 0.05) is 11.3 Å². The minimum Gasteiger partial charge on any atom is -0.481 e. The third-order valence-electron chi connectivity index (χ3n) is 3.68. The van der Waals surface area contributed by atoms with Crippen molar-refractivity contribution in [3.8, 4) is 0 Å². The van der Waals surface area contributed by atoms with E-state index in [9.17, 15) is 4.79 Å². The summed E-state index contributed by atoms with van der Waals surface area (Å²) in [5, 5.41) is 9.84. The molecule has 3 nitrogen and oxygen atoms in total. The molecule has 0 bridgehead atoms. The largest absolute Gasteiger partial charge is 0.481 e. The summed E-state index contributed by atoms with van der Waals surface area (Å²) in [5.74, 6) is -0.757. The smallest absolute Gasteiger partial charge is 0.303 e. The second kappa shape index (κ2) is 6.61. The predicted octanol–water partition coefficient (Wildman–Crippen LogP) is 4.36. The lowest BCUT2D eigenvalue weighted by atomic mass is 9.86. The van der Waals surface area contributed by atoms with E-state index in [1.807, 2.05) is 6.92 Å². The zero-order valence-electron chi connectivity index (χ0n) is 13.6. The first-order chi connectivity index (χ1) is 10.3. The molecule has 0 radical (unpaired) electrons. The Labute approximate surface area is 136 Å². The van der Waals surface area contributed by atoms with E-state index in [-0.39, 0.29) is 11.8 Å². The summed E-state index contributed by atoms with van der Waals surface area (Å²) in [6, 6.07) is 8.69. The van der Waals surface area contributed by atoms with Crippen molar-refractivity contribution in [2.45, 2.75) is 52.4 Å². The molecule has 0 spiro atoms. The number of carbonyl (C=O) groups is 1. The summed E-state index contributed by atoms with van der Waals surface area (Å²) in [5.41, 5.74) is 3.70. The fourth-order valence-corrected chi connectivity index (χ4v) is 3.42. The summed E-state index contributed by atoms with van der Waals surface area (Å²) >= 11 is 1.63. The zero-order chi connectivity index (χ0) is 16.3. The second-order valence-corrected chi connectivity index (χ2v) is 7.80. The Kier molecular flexibility index (Phi) is 5.01. The average molecular weight is 317 g/mol. The van der Waals surface area contributed by atoms with Crippen LogP contribution in [-0.4, -0.2) is 16.1 Å². The van der Waals surface area contributed by atoms with Crippen LogP contribution < -0.4 is 0 Å². The molecule has 0 aliphatic heterocycles. The van der Waals surface area contributed by atoms with Crippen molar-refractivity contribution in [2.24, 2.45) is 0 Å². The number of rotatable bonds is 5. The van der Waals surface area contributed by atoms with Crippen LogP contribution in [0.2, 0.25) is 0 Å². The lowest BCUT2D eigenvalue weighted by Gasteiger charge is -2.19. The Hall–Kier alpha value is -1.68. The molecule has 0 atom stereocenters. The molecule has 4 heteroatoms. The van der Waals surface area contributed by atoms with Crippen molar-refractivity contribution in [1.29, 1.82) is 0 Å². The van der Waals surface area contributed by atoms with Gasteiger partial charge in [-0.25, -0.2) is 4.98 Å². The first-order valence-electron chi connectivity index (χ1n) is 7.52. The maximum Gasteiger partial charge on any atom is 0.303 e. The van der Waals surface area contributed by atoms with Crippen LogP contribution in [0, 0.1) is 6.92 Å². The summed E-state index contributed by atoms with van der Waals surface area (Å²) in [7, 11) is 0. The molecule has 1 N–H and O–H groups in total. The van der Waals surface area contributed by atoms with Crippen LogP contribution in [0.25, 0.3) is 0 Å². The number of aryl methyl sites for hydroxylation is 2. The van der Waals surface area contributed by atoms with E-state index >= 15 is 0 Å². The van der Waals surface area contributed by atoms with Crippen molar-refractivity contribution in [3.05, 3.63) is 51.0 Å². The second-order valence-electron chi connectivity index (χ2n) is 6.63. The highest BCUT2D eigenvalue weighted by atomic mass is 32.1. The lowest BCUT2D eigenvalue weighted by Crippen LogP contribution is -2.10. The molecule has 22 heavy (non-hydrogen) atoms. The molecule has 0 unspecified atom stereocenters. The zero-order valence-corrected chi connectivity index (χ0v) is 14.5. The Bertz CT molecular complexity index is 651. The first-order valence-corrected chi connectivity index (χ1v) is 8.34. The van der Waals surface area contributed by atoms with Crippen LogP contribution in [0.3, 0.4) is 0 Å². The van der Waals surface area contributed by atoms with E-state index in [2.05, 4.69) is 50.0 Å². The summed E-state index contributed by atoms with van der Waals surface area (Å²) in [6.07, 6.45) is 1.55. The monoisotopic (exact) mass is 317 g/mol. The van der Waals surface area contributed by atoms with Gasteiger partial charge in [-0.1, -0.05) is 45.0 Å². The molecule has 1 heterocycles. The van der Waals surface area contributed by atoms with E-state index in [1.165, 1.54) is 11.1 Å². The van der Waals surface area contributed by atoms with E-state index in [0.29, 0.717) is 6.42 Å². The Morgan fingerprint density at radius 2 is 1.86 bits per heavy atom. The van der Waals surface area contributed by atoms with Crippen LogP contribution in [0.1, 0.15) is 53.9 Å². The van der Waals surface area contributed by atoms with Gasteiger partial charge in [-0.2, -0.15) is 0 Å². The quantitative estimate of drug-likeness (QED) is 0.891. The third kappa shape index (κ3) is 4.41. The number of carboxylic acids is 1. The molecule has 0 saturated heterocycles. The standard InChI is InChI=1S/C18H23NO2S/c1-12-15(9-10-17(20)21)22-16(19-12)11-13-5-7-14(8-6-13)18(2,3)4/h5-8H,9-11H2,1-4H3,(H,20,21). The molecule has 1 aromatic heterocycles. The van der Waals surface area contributed by atoms with Gasteiger partial charge in [0.15, 0.2) is 0 Å². The van der Waals surface area contributed by atoms with Crippen LogP contribution in [0.4, 0.5) is 0 Å². The fourth-order valence-electron chi connectivity index (χ4n) is 2.31. The minimum atomic E-state index is -0.757. The fraction of sp³-hybridized carbons (Fsp3) is 0.444. The molecule has 0 amide bonds. The molecule has 0 aliphatic carbocycles. The summed E-state index contributed by atoms with van der Waals surface area (Å²) < 4.78 is 0. The lowest BCUT2D eigenvalue weighted by molar-refractivity contribution is -0.136. The normalized spacial score (nSPS) is 11.6. The van der Waals surface area contributed by atoms with E-state index < -0.39 is 5.97 Å². The van der Waals surface area contributed by atoms with Crippen LogP contribution >= 0.6 is 11.3 Å². The van der Waals surface area contributed by atoms with Gasteiger partial charge >= 0.3 is 5.97 Å². The number of thiazole rings is 1. The molecule has 0 aliphatic rings.